The molecule has 420 valence electrons. The van der Waals surface area contributed by atoms with Crippen LogP contribution in [0.25, 0.3) is 11.1 Å². The third kappa shape index (κ3) is 13.1. The van der Waals surface area contributed by atoms with Crippen molar-refractivity contribution >= 4 is 35.6 Å². The molecule has 5 aromatic rings. The van der Waals surface area contributed by atoms with Crippen molar-refractivity contribution < 1.29 is 33.5 Å². The molecule has 3 N–H and O–H groups in total. The van der Waals surface area contributed by atoms with Crippen LogP contribution in [0.4, 0.5) is 4.79 Å². The van der Waals surface area contributed by atoms with E-state index in [2.05, 4.69) is 47.1 Å². The molecular weight excluding hydrogens is 1000 g/mol. The molecule has 0 radical (unpaired) electrons. The second-order valence-corrected chi connectivity index (χ2v) is 23.0. The number of carbonyl (C=O) groups is 6. The number of fused-ring (bicyclic) bond motifs is 3. The maximum Gasteiger partial charge on any atom is 0.411 e. The lowest BCUT2D eigenvalue weighted by Crippen LogP contribution is -2.49. The van der Waals surface area contributed by atoms with Gasteiger partial charge in [-0.1, -0.05) is 187 Å². The highest BCUT2D eigenvalue weighted by molar-refractivity contribution is 6.00. The lowest BCUT2D eigenvalue weighted by Gasteiger charge is -2.31. The molecule has 2 aliphatic heterocycles. The summed E-state index contributed by atoms with van der Waals surface area (Å²) < 4.78 is 6.39. The van der Waals surface area contributed by atoms with Crippen LogP contribution in [-0.2, 0) is 19.1 Å². The quantitative estimate of drug-likeness (QED) is 0.0491. The molecule has 13 nitrogen and oxygen atoms in total. The van der Waals surface area contributed by atoms with E-state index in [-0.39, 0.29) is 86.2 Å². The van der Waals surface area contributed by atoms with E-state index in [9.17, 15) is 28.8 Å². The van der Waals surface area contributed by atoms with Crippen LogP contribution in [0.2, 0.25) is 0 Å². The molecule has 80 heavy (non-hydrogen) atoms. The Kier molecular flexibility index (Phi) is 18.4. The predicted molar refractivity (Wildman–Crippen MR) is 311 cm³/mol. The van der Waals surface area contributed by atoms with Crippen molar-refractivity contribution in [1.29, 1.82) is 0 Å². The van der Waals surface area contributed by atoms with Crippen LogP contribution in [0.5, 0.6) is 0 Å². The number of unbranched alkanes of at least 4 members (excludes halogenated alkanes) is 11. The number of benzene rings is 5. The Morgan fingerprint density at radius 1 is 0.487 bits per heavy atom. The molecule has 0 spiro atoms. The van der Waals surface area contributed by atoms with Gasteiger partial charge in [0, 0.05) is 85.4 Å². The number of likely N-dealkylation sites (N-methyl/N-ethyl adjacent to an activating group) is 1. The van der Waals surface area contributed by atoms with Gasteiger partial charge in [-0.05, 0) is 72.7 Å². The predicted octanol–water partition coefficient (Wildman–Crippen LogP) is 11.2. The van der Waals surface area contributed by atoms with Crippen LogP contribution < -0.4 is 16.0 Å². The molecular formula is C67H80N6O7. The number of rotatable bonds is 25. The molecule has 0 aromatic heterocycles. The van der Waals surface area contributed by atoms with Gasteiger partial charge in [-0.25, -0.2) is 4.79 Å². The SMILES string of the molecule is CCCCCCCCCCCCCCNC(=O)[C@@H]1CN(C(=O)c2ccc(C(=O)N3C[C@@H](C(=O)N[C@H]4C[C@@H]4c4ccccc4)[C@H](C(=O)N[C@H]4C[C@@H]4c4ccccc4)C3)cc2)C[C@H]1N(CC)C(=O)OC1c2ccccc2-c2ccccc21. The van der Waals surface area contributed by atoms with Crippen LogP contribution in [0.3, 0.4) is 0 Å². The first-order valence-corrected chi connectivity index (χ1v) is 29.9. The maximum absolute atomic E-state index is 14.5. The van der Waals surface area contributed by atoms with Gasteiger partial charge >= 0.3 is 6.09 Å². The van der Waals surface area contributed by atoms with E-state index < -0.39 is 36.0 Å². The van der Waals surface area contributed by atoms with Crippen molar-refractivity contribution in [3.63, 3.8) is 0 Å². The fourth-order valence-electron chi connectivity index (χ4n) is 12.8. The van der Waals surface area contributed by atoms with Crippen molar-refractivity contribution in [3.8, 4) is 11.1 Å². The first kappa shape index (κ1) is 56.0. The normalized spacial score (nSPS) is 22.5. The molecule has 5 aromatic carbocycles. The molecule has 4 fully saturated rings. The fraction of sp³-hybridized carbons (Fsp3) is 0.463. The van der Waals surface area contributed by atoms with Gasteiger partial charge in [0.25, 0.3) is 11.8 Å². The zero-order valence-electron chi connectivity index (χ0n) is 46.7. The molecule has 0 unspecified atom stereocenters. The average Bonchev–Trinajstić information content (AvgIpc) is 4.39. The summed E-state index contributed by atoms with van der Waals surface area (Å²) in [6.45, 7) is 5.23. The monoisotopic (exact) mass is 1080 g/mol. The summed E-state index contributed by atoms with van der Waals surface area (Å²) in [4.78, 5) is 90.7. The topological polar surface area (TPSA) is 157 Å². The van der Waals surface area contributed by atoms with Crippen molar-refractivity contribution in [2.24, 2.45) is 17.8 Å². The Labute approximate surface area is 472 Å². The van der Waals surface area contributed by atoms with Crippen LogP contribution in [0.1, 0.15) is 165 Å². The van der Waals surface area contributed by atoms with Crippen LogP contribution >= 0.6 is 0 Å². The first-order valence-electron chi connectivity index (χ1n) is 29.9. The fourth-order valence-corrected chi connectivity index (χ4v) is 12.8. The van der Waals surface area contributed by atoms with E-state index in [0.717, 1.165) is 65.5 Å². The summed E-state index contributed by atoms with van der Waals surface area (Å²) in [5, 5.41) is 9.58. The molecule has 10 rings (SSSR count). The van der Waals surface area contributed by atoms with Crippen molar-refractivity contribution in [2.45, 2.75) is 140 Å². The summed E-state index contributed by atoms with van der Waals surface area (Å²) in [5.74, 6) is -3.13. The average molecular weight is 1080 g/mol. The molecule has 2 saturated heterocycles. The second-order valence-electron chi connectivity index (χ2n) is 23.0. The first-order chi connectivity index (χ1) is 39.1. The number of ether oxygens (including phenoxy) is 1. The van der Waals surface area contributed by atoms with Gasteiger partial charge in [0.15, 0.2) is 6.10 Å². The van der Waals surface area contributed by atoms with Gasteiger partial charge in [0.1, 0.15) is 0 Å². The smallest absolute Gasteiger partial charge is 0.411 e. The summed E-state index contributed by atoms with van der Waals surface area (Å²) >= 11 is 0. The van der Waals surface area contributed by atoms with Crippen LogP contribution in [-0.4, -0.2) is 108 Å². The van der Waals surface area contributed by atoms with Gasteiger partial charge in [-0.3, -0.25) is 24.0 Å². The lowest BCUT2D eigenvalue weighted by molar-refractivity contribution is -0.133. The Morgan fingerprint density at radius 2 is 0.912 bits per heavy atom. The Morgan fingerprint density at radius 3 is 1.39 bits per heavy atom. The van der Waals surface area contributed by atoms with Crippen LogP contribution in [0.15, 0.2) is 133 Å². The molecule has 2 heterocycles. The Balaban J connectivity index is 0.792. The zero-order valence-corrected chi connectivity index (χ0v) is 46.7. The van der Waals surface area contributed by atoms with Crippen molar-refractivity contribution in [1.82, 2.24) is 30.7 Å². The number of likely N-dealkylation sites (tertiary alicyclic amines) is 2. The van der Waals surface area contributed by atoms with Gasteiger partial charge < -0.3 is 35.4 Å². The molecule has 0 bridgehead atoms. The number of nitrogens with one attached hydrogen (secondary N) is 3. The molecule has 3 aliphatic carbocycles. The standard InChI is InChI=1S/C67H80N6O7/c1-3-5-6-7-8-9-10-11-12-13-14-25-38-68-62(74)57-43-72(44-60(57)73(4-2)67(79)80-61-51-32-23-21-30-49(51)50-31-22-24-33-52(50)61)66(78)48-36-34-47(35-37-48)65(77)71-41-55(63(75)69-58-39-53(58)45-26-17-15-18-27-45)56(42-71)64(76)70-59-40-54(59)46-28-19-16-20-29-46/h15-24,26-37,53-61H,3-14,25,38-44H2,1-2H3,(H,68,74)(H,69,75)(H,70,76)/t53-,54-,55-,56-,57-,58+,59+,60-/m1/s1. The molecule has 2 saturated carbocycles. The number of carbonyl (C=O) groups excluding carboxylic acids is 6. The van der Waals surface area contributed by atoms with E-state index in [4.69, 9.17) is 4.74 Å². The Hall–Kier alpha value is -7.28. The van der Waals surface area contributed by atoms with Crippen molar-refractivity contribution in [3.05, 3.63) is 167 Å². The minimum absolute atomic E-state index is 0.0407. The van der Waals surface area contributed by atoms with E-state index in [1.807, 2.05) is 91.9 Å². The third-order valence-electron chi connectivity index (χ3n) is 17.6. The summed E-state index contributed by atoms with van der Waals surface area (Å²) in [6, 6.07) is 41.7. The van der Waals surface area contributed by atoms with Gasteiger partial charge in [-0.15, -0.1) is 0 Å². The summed E-state index contributed by atoms with van der Waals surface area (Å²) in [6.07, 6.45) is 15.0. The third-order valence-corrected chi connectivity index (χ3v) is 17.6. The molecule has 5 aliphatic rings. The Bertz CT molecular complexity index is 2830. The van der Waals surface area contributed by atoms with E-state index in [0.29, 0.717) is 17.7 Å². The largest absolute Gasteiger partial charge is 0.436 e. The zero-order chi connectivity index (χ0) is 55.5. The minimum atomic E-state index is -0.742. The van der Waals surface area contributed by atoms with Gasteiger partial charge in [0.2, 0.25) is 17.7 Å². The maximum atomic E-state index is 14.5. The highest BCUT2D eigenvalue weighted by atomic mass is 16.6. The molecule has 8 atom stereocenters. The van der Waals surface area contributed by atoms with Gasteiger partial charge in [0.05, 0.1) is 23.8 Å². The molecule has 13 heteroatoms. The van der Waals surface area contributed by atoms with Crippen molar-refractivity contribution in [2.75, 3.05) is 39.3 Å². The van der Waals surface area contributed by atoms with Crippen LogP contribution in [0, 0.1) is 17.8 Å². The van der Waals surface area contributed by atoms with E-state index in [1.54, 1.807) is 39.0 Å². The number of amides is 6. The van der Waals surface area contributed by atoms with Gasteiger partial charge in [-0.2, -0.15) is 0 Å². The summed E-state index contributed by atoms with van der Waals surface area (Å²) in [7, 11) is 0. The van der Waals surface area contributed by atoms with E-state index in [1.165, 1.54) is 57.8 Å². The number of hydrogen-bond donors (Lipinski definition) is 3. The second kappa shape index (κ2) is 26.3. The highest BCUT2D eigenvalue weighted by Crippen LogP contribution is 2.46. The summed E-state index contributed by atoms with van der Waals surface area (Å²) in [5.41, 5.74) is 6.80. The molecule has 6 amide bonds. The minimum Gasteiger partial charge on any atom is -0.436 e. The van der Waals surface area contributed by atoms with E-state index >= 15 is 0 Å². The number of nitrogens with zero attached hydrogens (tertiary/aromatic N) is 3. The lowest BCUT2D eigenvalue weighted by atomic mass is 9.94. The number of hydrogen-bond acceptors (Lipinski definition) is 7. The highest BCUT2D eigenvalue weighted by Gasteiger charge is 2.50.